The molecule has 0 bridgehead atoms. The van der Waals surface area contributed by atoms with Crippen LogP contribution in [0.5, 0.6) is 0 Å². The lowest BCUT2D eigenvalue weighted by Crippen LogP contribution is -1.78. The molecule has 2 rings (SSSR count). The van der Waals surface area contributed by atoms with Crippen molar-refractivity contribution >= 4 is 11.0 Å². The zero-order valence-corrected chi connectivity index (χ0v) is 5.49. The van der Waals surface area contributed by atoms with Crippen LogP contribution in [0, 0.1) is 7.05 Å². The van der Waals surface area contributed by atoms with Gasteiger partial charge in [-0.1, -0.05) is 12.1 Å². The van der Waals surface area contributed by atoms with Gasteiger partial charge in [-0.2, -0.15) is 0 Å². The lowest BCUT2D eigenvalue weighted by molar-refractivity contribution is 1.10. The van der Waals surface area contributed by atoms with Gasteiger partial charge in [0.15, 0.2) is 0 Å². The van der Waals surface area contributed by atoms with Crippen LogP contribution in [0.1, 0.15) is 0 Å². The molecule has 1 aromatic carbocycles. The first-order valence-electron chi connectivity index (χ1n) is 3.11. The molecule has 1 aromatic heterocycles. The third kappa shape index (κ3) is 0.620. The highest BCUT2D eigenvalue weighted by Gasteiger charge is 1.94. The molecule has 0 saturated carbocycles. The van der Waals surface area contributed by atoms with Crippen molar-refractivity contribution < 1.29 is 0 Å². The van der Waals surface area contributed by atoms with Crippen LogP contribution >= 0.6 is 0 Å². The fraction of sp³-hybridized carbons (Fsp3) is 0. The zero-order chi connectivity index (χ0) is 6.97. The summed E-state index contributed by atoms with van der Waals surface area (Å²) in [6.45, 7) is 0. The molecule has 0 amide bonds. The molecule has 0 spiro atoms. The molecule has 2 nitrogen and oxygen atoms in total. The van der Waals surface area contributed by atoms with Gasteiger partial charge < -0.3 is 4.57 Å². The minimum absolute atomic E-state index is 0.998. The number of imidazole rings is 1. The predicted octanol–water partition coefficient (Wildman–Crippen LogP) is 1.68. The molecular weight excluding hydrogens is 124 g/mol. The molecule has 0 saturated heterocycles. The van der Waals surface area contributed by atoms with E-state index in [1.54, 1.807) is 10.9 Å². The standard InChI is InChI=1S/C8H7N2/c1-10-6-9-7-4-2-3-5-8(7)10/h2-6H,1H2. The maximum atomic E-state index is 4.12. The predicted molar refractivity (Wildman–Crippen MR) is 40.5 cm³/mol. The second-order valence-electron chi connectivity index (χ2n) is 2.20. The zero-order valence-electron chi connectivity index (χ0n) is 5.49. The first-order valence-corrected chi connectivity index (χ1v) is 3.11. The smallest absolute Gasteiger partial charge is 0.0958 e. The second kappa shape index (κ2) is 1.84. The summed E-state index contributed by atoms with van der Waals surface area (Å²) in [7, 11) is 3.76. The lowest BCUT2D eigenvalue weighted by atomic mass is 10.3. The molecule has 10 heavy (non-hydrogen) atoms. The molecule has 2 heteroatoms. The van der Waals surface area contributed by atoms with Gasteiger partial charge in [0.1, 0.15) is 0 Å². The third-order valence-electron chi connectivity index (χ3n) is 1.53. The Hall–Kier alpha value is -1.31. The minimum Gasteiger partial charge on any atom is -0.329 e. The van der Waals surface area contributed by atoms with Gasteiger partial charge >= 0.3 is 0 Å². The highest BCUT2D eigenvalue weighted by Crippen LogP contribution is 2.09. The Balaban J connectivity index is 2.93. The van der Waals surface area contributed by atoms with E-state index in [1.807, 2.05) is 24.3 Å². The van der Waals surface area contributed by atoms with Gasteiger partial charge in [0, 0.05) is 7.05 Å². The van der Waals surface area contributed by atoms with Crippen LogP contribution in [-0.4, -0.2) is 9.55 Å². The number of nitrogens with zero attached hydrogens (tertiary/aromatic N) is 2. The number of fused-ring (bicyclic) bond motifs is 1. The van der Waals surface area contributed by atoms with Crippen molar-refractivity contribution in [2.24, 2.45) is 0 Å². The molecule has 0 aliphatic heterocycles. The number of hydrogen-bond acceptors (Lipinski definition) is 1. The number of aromatic nitrogens is 2. The highest BCUT2D eigenvalue weighted by molar-refractivity contribution is 5.75. The van der Waals surface area contributed by atoms with E-state index in [4.69, 9.17) is 0 Å². The van der Waals surface area contributed by atoms with Gasteiger partial charge in [0.25, 0.3) is 0 Å². The largest absolute Gasteiger partial charge is 0.329 e. The van der Waals surface area contributed by atoms with E-state index >= 15 is 0 Å². The Bertz CT molecular complexity index is 349. The molecule has 0 N–H and O–H groups in total. The fourth-order valence-electron chi connectivity index (χ4n) is 1.01. The van der Waals surface area contributed by atoms with Crippen molar-refractivity contribution in [2.45, 2.75) is 0 Å². The van der Waals surface area contributed by atoms with Crippen LogP contribution in [0.3, 0.4) is 0 Å². The van der Waals surface area contributed by atoms with Gasteiger partial charge in [0.2, 0.25) is 0 Å². The molecule has 1 radical (unpaired) electrons. The minimum atomic E-state index is 0.998. The van der Waals surface area contributed by atoms with Gasteiger partial charge in [-0.15, -0.1) is 0 Å². The summed E-state index contributed by atoms with van der Waals surface area (Å²) in [5.74, 6) is 0. The maximum absolute atomic E-state index is 4.12. The summed E-state index contributed by atoms with van der Waals surface area (Å²) >= 11 is 0. The van der Waals surface area contributed by atoms with E-state index in [0.717, 1.165) is 11.0 Å². The van der Waals surface area contributed by atoms with Gasteiger partial charge in [-0.3, -0.25) is 0 Å². The highest BCUT2D eigenvalue weighted by atomic mass is 15.0. The Morgan fingerprint density at radius 1 is 1.30 bits per heavy atom. The van der Waals surface area contributed by atoms with E-state index < -0.39 is 0 Å². The Labute approximate surface area is 59.1 Å². The molecule has 0 atom stereocenters. The van der Waals surface area contributed by atoms with Crippen molar-refractivity contribution in [1.82, 2.24) is 9.55 Å². The average molecular weight is 131 g/mol. The molecule has 0 fully saturated rings. The number of benzene rings is 1. The normalized spacial score (nSPS) is 10.5. The van der Waals surface area contributed by atoms with Crippen molar-refractivity contribution in [2.75, 3.05) is 0 Å². The number of hydrogen-bond donors (Lipinski definition) is 0. The SMILES string of the molecule is [CH2]n1cnc2ccccc21. The number of rotatable bonds is 0. The average Bonchev–Trinajstić information content (AvgIpc) is 2.34. The fourth-order valence-corrected chi connectivity index (χ4v) is 1.01. The van der Waals surface area contributed by atoms with Crippen LogP contribution in [-0.2, 0) is 0 Å². The van der Waals surface area contributed by atoms with Crippen molar-refractivity contribution in [3.8, 4) is 0 Å². The summed E-state index contributed by atoms with van der Waals surface area (Å²) in [4.78, 5) is 4.12. The van der Waals surface area contributed by atoms with Crippen LogP contribution in [0.4, 0.5) is 0 Å². The van der Waals surface area contributed by atoms with Crippen molar-refractivity contribution in [3.63, 3.8) is 0 Å². The molecule has 0 unspecified atom stereocenters. The van der Waals surface area contributed by atoms with Crippen LogP contribution in [0.2, 0.25) is 0 Å². The summed E-state index contributed by atoms with van der Waals surface area (Å²) in [6, 6.07) is 7.91. The second-order valence-corrected chi connectivity index (χ2v) is 2.20. The first-order chi connectivity index (χ1) is 4.88. The van der Waals surface area contributed by atoms with Gasteiger partial charge in [-0.05, 0) is 12.1 Å². The summed E-state index contributed by atoms with van der Waals surface area (Å²) in [6.07, 6.45) is 1.71. The molecular formula is C8H7N2. The first kappa shape index (κ1) is 5.47. The van der Waals surface area contributed by atoms with Crippen LogP contribution < -0.4 is 0 Å². The summed E-state index contributed by atoms with van der Waals surface area (Å²) in [5, 5.41) is 0. The van der Waals surface area contributed by atoms with Crippen molar-refractivity contribution in [1.29, 1.82) is 0 Å². The van der Waals surface area contributed by atoms with Crippen LogP contribution in [0.25, 0.3) is 11.0 Å². The quantitative estimate of drug-likeness (QED) is 0.531. The van der Waals surface area contributed by atoms with Crippen LogP contribution in [0.15, 0.2) is 30.6 Å². The van der Waals surface area contributed by atoms with Gasteiger partial charge in [0.05, 0.1) is 17.4 Å². The molecule has 2 aromatic rings. The molecule has 49 valence electrons. The molecule has 0 aliphatic rings. The molecule has 1 heterocycles. The van der Waals surface area contributed by atoms with Crippen molar-refractivity contribution in [3.05, 3.63) is 37.6 Å². The summed E-state index contributed by atoms with van der Waals surface area (Å²) in [5.41, 5.74) is 2.07. The number of para-hydroxylation sites is 2. The van der Waals surface area contributed by atoms with E-state index in [2.05, 4.69) is 12.0 Å². The summed E-state index contributed by atoms with van der Waals surface area (Å²) < 4.78 is 1.76. The van der Waals surface area contributed by atoms with E-state index in [9.17, 15) is 0 Å². The van der Waals surface area contributed by atoms with E-state index in [1.165, 1.54) is 0 Å². The third-order valence-corrected chi connectivity index (χ3v) is 1.53. The monoisotopic (exact) mass is 131 g/mol. The molecule has 0 aliphatic carbocycles. The Morgan fingerprint density at radius 2 is 2.10 bits per heavy atom. The van der Waals surface area contributed by atoms with Gasteiger partial charge in [-0.25, -0.2) is 4.98 Å². The van der Waals surface area contributed by atoms with E-state index in [-0.39, 0.29) is 0 Å². The Morgan fingerprint density at radius 3 is 2.90 bits per heavy atom. The Kier molecular flexibility index (Phi) is 1.01. The lowest BCUT2D eigenvalue weighted by Gasteiger charge is -1.89. The van der Waals surface area contributed by atoms with E-state index in [0.29, 0.717) is 0 Å². The maximum Gasteiger partial charge on any atom is 0.0958 e. The topological polar surface area (TPSA) is 17.8 Å².